The van der Waals surface area contributed by atoms with Crippen LogP contribution in [-0.2, 0) is 11.3 Å². The van der Waals surface area contributed by atoms with Crippen LogP contribution in [0, 0.1) is 13.8 Å². The number of esters is 1. The lowest BCUT2D eigenvalue weighted by molar-refractivity contribution is 0.0605. The van der Waals surface area contributed by atoms with Gasteiger partial charge < -0.3 is 9.64 Å². The molecule has 2 rings (SSSR count). The molecule has 0 radical (unpaired) electrons. The molecule has 0 aliphatic carbocycles. The van der Waals surface area contributed by atoms with E-state index < -0.39 is 0 Å². The van der Waals surface area contributed by atoms with Crippen molar-refractivity contribution in [1.82, 2.24) is 20.2 Å². The van der Waals surface area contributed by atoms with Crippen LogP contribution in [0.25, 0.3) is 0 Å². The van der Waals surface area contributed by atoms with Crippen molar-refractivity contribution in [1.29, 1.82) is 0 Å². The molecule has 0 unspecified atom stereocenters. The molecule has 0 spiro atoms. The number of methoxy groups -OCH3 is 1. The number of carbonyl (C=O) groups excluding carboxylic acids is 1. The zero-order valence-corrected chi connectivity index (χ0v) is 12.0. The Labute approximate surface area is 114 Å². The zero-order chi connectivity index (χ0) is 14.0. The van der Waals surface area contributed by atoms with E-state index in [-0.39, 0.29) is 5.97 Å². The fraction of sp³-hybridized carbons (Fsp3) is 0.455. The summed E-state index contributed by atoms with van der Waals surface area (Å²) < 4.78 is 4.72. The van der Waals surface area contributed by atoms with E-state index in [9.17, 15) is 4.79 Å². The molecule has 0 aliphatic heterocycles. The lowest BCUT2D eigenvalue weighted by Crippen LogP contribution is -2.17. The van der Waals surface area contributed by atoms with Crippen LogP contribution in [0.4, 0.5) is 5.13 Å². The Hall–Kier alpha value is -1.96. The molecule has 7 nitrogen and oxygen atoms in total. The van der Waals surface area contributed by atoms with Gasteiger partial charge in [-0.3, -0.25) is 5.10 Å². The van der Waals surface area contributed by atoms with E-state index in [0.29, 0.717) is 22.9 Å². The summed E-state index contributed by atoms with van der Waals surface area (Å²) in [7, 11) is 3.24. The predicted molar refractivity (Wildman–Crippen MR) is 71.4 cm³/mol. The minimum Gasteiger partial charge on any atom is -0.465 e. The van der Waals surface area contributed by atoms with E-state index in [0.717, 1.165) is 11.0 Å². The summed E-state index contributed by atoms with van der Waals surface area (Å²) in [6, 6.07) is 0. The molecule has 0 bridgehead atoms. The minimum atomic E-state index is -0.358. The molecule has 2 aromatic rings. The standard InChI is InChI=1S/C11H15N5O2S/c1-6-9(10(17)18-4)19-11(12-6)16(3)5-8-13-7(2)14-15-8/h5H2,1-4H3,(H,13,14,15). The molecule has 0 atom stereocenters. The first-order chi connectivity index (χ1) is 9.01. The Morgan fingerprint density at radius 3 is 2.74 bits per heavy atom. The maximum Gasteiger partial charge on any atom is 0.350 e. The van der Waals surface area contributed by atoms with E-state index in [4.69, 9.17) is 4.74 Å². The third-order valence-corrected chi connectivity index (χ3v) is 3.76. The van der Waals surface area contributed by atoms with Gasteiger partial charge in [0.05, 0.1) is 19.3 Å². The lowest BCUT2D eigenvalue weighted by Gasteiger charge is -2.12. The van der Waals surface area contributed by atoms with Crippen molar-refractivity contribution >= 4 is 22.4 Å². The van der Waals surface area contributed by atoms with Gasteiger partial charge in [0.1, 0.15) is 10.7 Å². The molecule has 2 aromatic heterocycles. The quantitative estimate of drug-likeness (QED) is 0.850. The van der Waals surface area contributed by atoms with Gasteiger partial charge in [-0.1, -0.05) is 11.3 Å². The minimum absolute atomic E-state index is 0.358. The van der Waals surface area contributed by atoms with Crippen molar-refractivity contribution in [2.75, 3.05) is 19.1 Å². The fourth-order valence-electron chi connectivity index (χ4n) is 1.57. The molecular formula is C11H15N5O2S. The molecule has 0 saturated heterocycles. The number of hydrogen-bond acceptors (Lipinski definition) is 7. The third kappa shape index (κ3) is 2.90. The van der Waals surface area contributed by atoms with Crippen molar-refractivity contribution in [2.24, 2.45) is 0 Å². The van der Waals surface area contributed by atoms with Crippen molar-refractivity contribution < 1.29 is 9.53 Å². The lowest BCUT2D eigenvalue weighted by atomic mass is 10.4. The highest BCUT2D eigenvalue weighted by Crippen LogP contribution is 2.26. The van der Waals surface area contributed by atoms with Crippen LogP contribution in [-0.4, -0.2) is 40.3 Å². The van der Waals surface area contributed by atoms with Gasteiger partial charge in [0.15, 0.2) is 11.0 Å². The Bertz CT molecular complexity index is 592. The number of hydrogen-bond donors (Lipinski definition) is 1. The van der Waals surface area contributed by atoms with E-state index in [1.807, 2.05) is 18.9 Å². The molecular weight excluding hydrogens is 266 g/mol. The maximum absolute atomic E-state index is 11.5. The molecule has 2 heterocycles. The summed E-state index contributed by atoms with van der Waals surface area (Å²) in [5.74, 6) is 1.10. The molecule has 19 heavy (non-hydrogen) atoms. The van der Waals surface area contributed by atoms with Gasteiger partial charge in [-0.15, -0.1) is 0 Å². The van der Waals surface area contributed by atoms with Gasteiger partial charge in [-0.25, -0.2) is 14.8 Å². The number of aryl methyl sites for hydroxylation is 2. The molecule has 1 N–H and O–H groups in total. The Morgan fingerprint density at radius 2 is 2.16 bits per heavy atom. The second kappa shape index (κ2) is 5.35. The first kappa shape index (κ1) is 13.5. The number of rotatable bonds is 4. The predicted octanol–water partition coefficient (Wildman–Crippen LogP) is 1.30. The van der Waals surface area contributed by atoms with Crippen LogP contribution in [0.2, 0.25) is 0 Å². The SMILES string of the molecule is COC(=O)c1sc(N(C)Cc2n[nH]c(C)n2)nc1C. The van der Waals surface area contributed by atoms with Gasteiger partial charge in [-0.2, -0.15) is 5.10 Å². The van der Waals surface area contributed by atoms with E-state index in [1.54, 1.807) is 6.92 Å². The van der Waals surface area contributed by atoms with Gasteiger partial charge in [0.2, 0.25) is 0 Å². The number of aromatic nitrogens is 4. The molecule has 8 heteroatoms. The number of H-pyrrole nitrogens is 1. The first-order valence-electron chi connectivity index (χ1n) is 5.66. The van der Waals surface area contributed by atoms with Crippen molar-refractivity contribution in [2.45, 2.75) is 20.4 Å². The molecule has 0 amide bonds. The third-order valence-electron chi connectivity index (χ3n) is 2.50. The maximum atomic E-state index is 11.5. The van der Waals surface area contributed by atoms with Gasteiger partial charge >= 0.3 is 5.97 Å². The Morgan fingerprint density at radius 1 is 1.42 bits per heavy atom. The summed E-state index contributed by atoms with van der Waals surface area (Å²) in [5, 5.41) is 7.60. The molecule has 0 aromatic carbocycles. The smallest absolute Gasteiger partial charge is 0.350 e. The van der Waals surface area contributed by atoms with Crippen LogP contribution < -0.4 is 4.90 Å². The van der Waals surface area contributed by atoms with Crippen LogP contribution in [0.5, 0.6) is 0 Å². The van der Waals surface area contributed by atoms with Crippen molar-refractivity contribution in [3.05, 3.63) is 22.2 Å². The molecule has 0 fully saturated rings. The average molecular weight is 281 g/mol. The summed E-state index contributed by atoms with van der Waals surface area (Å²) in [6.45, 7) is 4.16. The van der Waals surface area contributed by atoms with Gasteiger partial charge in [0, 0.05) is 7.05 Å². The number of aromatic amines is 1. The monoisotopic (exact) mass is 281 g/mol. The molecule has 102 valence electrons. The summed E-state index contributed by atoms with van der Waals surface area (Å²) in [6.07, 6.45) is 0. The fourth-order valence-corrected chi connectivity index (χ4v) is 2.51. The Balaban J connectivity index is 2.15. The molecule has 0 aliphatic rings. The second-order valence-electron chi connectivity index (χ2n) is 4.10. The van der Waals surface area contributed by atoms with Crippen molar-refractivity contribution in [3.8, 4) is 0 Å². The summed E-state index contributed by atoms with van der Waals surface area (Å²) >= 11 is 1.30. The second-order valence-corrected chi connectivity index (χ2v) is 5.07. The number of ether oxygens (including phenoxy) is 1. The number of thiazole rings is 1. The van der Waals surface area contributed by atoms with Gasteiger partial charge in [-0.05, 0) is 13.8 Å². The van der Waals surface area contributed by atoms with E-state index >= 15 is 0 Å². The molecule has 0 saturated carbocycles. The summed E-state index contributed by atoms with van der Waals surface area (Å²) in [5.41, 5.74) is 0.671. The highest BCUT2D eigenvalue weighted by molar-refractivity contribution is 7.17. The van der Waals surface area contributed by atoms with Crippen LogP contribution >= 0.6 is 11.3 Å². The highest BCUT2D eigenvalue weighted by atomic mass is 32.1. The summed E-state index contributed by atoms with van der Waals surface area (Å²) in [4.78, 5) is 22.5. The number of carbonyl (C=O) groups is 1. The Kier molecular flexibility index (Phi) is 3.79. The van der Waals surface area contributed by atoms with E-state index in [2.05, 4.69) is 20.2 Å². The van der Waals surface area contributed by atoms with Crippen molar-refractivity contribution in [3.63, 3.8) is 0 Å². The number of nitrogens with zero attached hydrogens (tertiary/aromatic N) is 4. The normalized spacial score (nSPS) is 10.5. The number of nitrogens with one attached hydrogen (secondary N) is 1. The highest BCUT2D eigenvalue weighted by Gasteiger charge is 2.18. The zero-order valence-electron chi connectivity index (χ0n) is 11.2. The topological polar surface area (TPSA) is 84.0 Å². The largest absolute Gasteiger partial charge is 0.465 e. The average Bonchev–Trinajstić information content (AvgIpc) is 2.95. The first-order valence-corrected chi connectivity index (χ1v) is 6.47. The van der Waals surface area contributed by atoms with Crippen LogP contribution in [0.15, 0.2) is 0 Å². The number of anilines is 1. The van der Waals surface area contributed by atoms with Crippen LogP contribution in [0.1, 0.15) is 27.0 Å². The van der Waals surface area contributed by atoms with Gasteiger partial charge in [0.25, 0.3) is 0 Å². The van der Waals surface area contributed by atoms with E-state index in [1.165, 1.54) is 18.4 Å². The van der Waals surface area contributed by atoms with Crippen LogP contribution in [0.3, 0.4) is 0 Å².